The smallest absolute Gasteiger partial charge is 0.147 e. The van der Waals surface area contributed by atoms with Crippen molar-refractivity contribution in [3.8, 4) is 0 Å². The topological polar surface area (TPSA) is 41.1 Å². The van der Waals surface area contributed by atoms with E-state index < -0.39 is 0 Å². The summed E-state index contributed by atoms with van der Waals surface area (Å²) >= 11 is 6.36. The van der Waals surface area contributed by atoms with Gasteiger partial charge in [0.05, 0.1) is 5.02 Å². The second-order valence-electron chi connectivity index (χ2n) is 5.40. The Bertz CT molecular complexity index is 572. The first-order valence-corrected chi connectivity index (χ1v) is 7.42. The third-order valence-electron chi connectivity index (χ3n) is 3.12. The number of rotatable bonds is 6. The predicted molar refractivity (Wildman–Crippen MR) is 87.6 cm³/mol. The van der Waals surface area contributed by atoms with E-state index in [0.29, 0.717) is 11.1 Å². The van der Waals surface area contributed by atoms with Crippen LogP contribution in [0.5, 0.6) is 0 Å². The molecule has 21 heavy (non-hydrogen) atoms. The highest BCUT2D eigenvalue weighted by molar-refractivity contribution is 6.33. The van der Waals surface area contributed by atoms with Gasteiger partial charge in [-0.25, -0.2) is 4.98 Å². The number of hydrogen-bond donors (Lipinski definition) is 1. The number of halogens is 1. The van der Waals surface area contributed by atoms with Crippen molar-refractivity contribution in [3.63, 3.8) is 0 Å². The molecule has 4 nitrogen and oxygen atoms in total. The first kappa shape index (κ1) is 15.7. The highest BCUT2D eigenvalue weighted by atomic mass is 35.5. The Hall–Kier alpha value is -1.65. The summed E-state index contributed by atoms with van der Waals surface area (Å²) in [6, 6.07) is 6.40. The lowest BCUT2D eigenvalue weighted by Gasteiger charge is -2.20. The number of hydrogen-bond acceptors (Lipinski definition) is 4. The molecule has 0 atom stereocenters. The SMILES string of the molecule is CC(C)NCc1cnc(N(C)Cc2ccncc2)c(Cl)c1. The van der Waals surface area contributed by atoms with Crippen molar-refractivity contribution in [3.05, 3.63) is 52.9 Å². The van der Waals surface area contributed by atoms with E-state index in [1.165, 1.54) is 5.56 Å². The van der Waals surface area contributed by atoms with Crippen molar-refractivity contribution in [2.24, 2.45) is 0 Å². The summed E-state index contributed by atoms with van der Waals surface area (Å²) in [6.45, 7) is 5.76. The van der Waals surface area contributed by atoms with Crippen LogP contribution in [0.15, 0.2) is 36.8 Å². The van der Waals surface area contributed by atoms with Crippen LogP contribution in [-0.4, -0.2) is 23.1 Å². The van der Waals surface area contributed by atoms with Crippen LogP contribution in [0.25, 0.3) is 0 Å². The van der Waals surface area contributed by atoms with Gasteiger partial charge >= 0.3 is 0 Å². The molecule has 0 saturated heterocycles. The maximum Gasteiger partial charge on any atom is 0.147 e. The quantitative estimate of drug-likeness (QED) is 0.889. The Morgan fingerprint density at radius 3 is 2.57 bits per heavy atom. The van der Waals surface area contributed by atoms with E-state index >= 15 is 0 Å². The van der Waals surface area contributed by atoms with Crippen LogP contribution in [0, 0.1) is 0 Å². The fraction of sp³-hybridized carbons (Fsp3) is 0.375. The van der Waals surface area contributed by atoms with E-state index in [9.17, 15) is 0 Å². The molecular weight excluding hydrogens is 284 g/mol. The molecule has 0 saturated carbocycles. The molecule has 2 rings (SSSR count). The fourth-order valence-corrected chi connectivity index (χ4v) is 2.34. The third-order valence-corrected chi connectivity index (χ3v) is 3.40. The van der Waals surface area contributed by atoms with Crippen LogP contribution in [0.1, 0.15) is 25.0 Å². The van der Waals surface area contributed by atoms with E-state index in [2.05, 4.69) is 29.1 Å². The molecule has 2 heterocycles. The molecule has 0 spiro atoms. The van der Waals surface area contributed by atoms with E-state index in [-0.39, 0.29) is 0 Å². The highest BCUT2D eigenvalue weighted by Crippen LogP contribution is 2.24. The van der Waals surface area contributed by atoms with Crippen LogP contribution in [0.4, 0.5) is 5.82 Å². The summed E-state index contributed by atoms with van der Waals surface area (Å²) in [5.74, 6) is 0.793. The lowest BCUT2D eigenvalue weighted by atomic mass is 10.2. The molecule has 2 aromatic rings. The normalized spacial score (nSPS) is 10.9. The first-order valence-electron chi connectivity index (χ1n) is 7.04. The van der Waals surface area contributed by atoms with E-state index in [1.807, 2.05) is 36.3 Å². The minimum Gasteiger partial charge on any atom is -0.354 e. The van der Waals surface area contributed by atoms with Crippen LogP contribution in [0.3, 0.4) is 0 Å². The van der Waals surface area contributed by atoms with Gasteiger partial charge in [0, 0.05) is 44.8 Å². The van der Waals surface area contributed by atoms with Crippen molar-refractivity contribution in [1.82, 2.24) is 15.3 Å². The van der Waals surface area contributed by atoms with Gasteiger partial charge in [-0.3, -0.25) is 4.98 Å². The first-order chi connectivity index (χ1) is 10.1. The van der Waals surface area contributed by atoms with Gasteiger partial charge in [-0.1, -0.05) is 25.4 Å². The number of nitrogens with one attached hydrogen (secondary N) is 1. The molecule has 0 fully saturated rings. The Labute approximate surface area is 131 Å². The zero-order valence-corrected chi connectivity index (χ0v) is 13.4. The summed E-state index contributed by atoms with van der Waals surface area (Å²) in [6.07, 6.45) is 5.46. The molecule has 0 aliphatic heterocycles. The van der Waals surface area contributed by atoms with E-state index in [4.69, 9.17) is 11.6 Å². The van der Waals surface area contributed by atoms with Gasteiger partial charge in [-0.2, -0.15) is 0 Å². The number of nitrogens with zero attached hydrogens (tertiary/aromatic N) is 3. The predicted octanol–water partition coefficient (Wildman–Crippen LogP) is 3.26. The molecule has 112 valence electrons. The minimum atomic E-state index is 0.442. The molecule has 1 N–H and O–H groups in total. The standard InChI is InChI=1S/C16H21ClN4/c1-12(2)19-9-14-8-15(17)16(20-10-14)21(3)11-13-4-6-18-7-5-13/h4-8,10,12,19H,9,11H2,1-3H3. The average Bonchev–Trinajstić information content (AvgIpc) is 2.46. The van der Waals surface area contributed by atoms with Crippen molar-refractivity contribution in [1.29, 1.82) is 0 Å². The maximum atomic E-state index is 6.36. The Morgan fingerprint density at radius 2 is 1.95 bits per heavy atom. The van der Waals surface area contributed by atoms with Crippen LogP contribution in [-0.2, 0) is 13.1 Å². The number of pyridine rings is 2. The summed E-state index contributed by atoms with van der Waals surface area (Å²) < 4.78 is 0. The number of aromatic nitrogens is 2. The van der Waals surface area contributed by atoms with Crippen LogP contribution in [0.2, 0.25) is 5.02 Å². The largest absolute Gasteiger partial charge is 0.354 e. The van der Waals surface area contributed by atoms with Gasteiger partial charge in [0.15, 0.2) is 0 Å². The summed E-state index contributed by atoms with van der Waals surface area (Å²) in [5.41, 5.74) is 2.27. The minimum absolute atomic E-state index is 0.442. The molecule has 0 unspecified atom stereocenters. The van der Waals surface area contributed by atoms with Crippen molar-refractivity contribution < 1.29 is 0 Å². The average molecular weight is 305 g/mol. The fourth-order valence-electron chi connectivity index (χ4n) is 2.01. The Kier molecular flexibility index (Phi) is 5.53. The zero-order valence-electron chi connectivity index (χ0n) is 12.7. The summed E-state index contributed by atoms with van der Waals surface area (Å²) in [5, 5.41) is 4.03. The lowest BCUT2D eigenvalue weighted by molar-refractivity contribution is 0.588. The molecular formula is C16H21ClN4. The maximum absolute atomic E-state index is 6.36. The van der Waals surface area contributed by atoms with Gasteiger partial charge in [-0.15, -0.1) is 0 Å². The van der Waals surface area contributed by atoms with Gasteiger partial charge < -0.3 is 10.2 Å². The van der Waals surface area contributed by atoms with E-state index in [0.717, 1.165) is 24.5 Å². The second-order valence-corrected chi connectivity index (χ2v) is 5.80. The lowest BCUT2D eigenvalue weighted by Crippen LogP contribution is -2.22. The molecule has 0 radical (unpaired) electrons. The van der Waals surface area contributed by atoms with Crippen LogP contribution < -0.4 is 10.2 Å². The third kappa shape index (κ3) is 4.69. The number of anilines is 1. The van der Waals surface area contributed by atoms with Crippen molar-refractivity contribution >= 4 is 17.4 Å². The molecule has 5 heteroatoms. The van der Waals surface area contributed by atoms with Crippen LogP contribution >= 0.6 is 11.6 Å². The monoisotopic (exact) mass is 304 g/mol. The highest BCUT2D eigenvalue weighted by Gasteiger charge is 2.09. The molecule has 2 aromatic heterocycles. The van der Waals surface area contributed by atoms with Gasteiger partial charge in [-0.05, 0) is 29.3 Å². The van der Waals surface area contributed by atoms with Gasteiger partial charge in [0.25, 0.3) is 0 Å². The Balaban J connectivity index is 2.06. The van der Waals surface area contributed by atoms with Crippen molar-refractivity contribution in [2.45, 2.75) is 33.0 Å². The van der Waals surface area contributed by atoms with Crippen molar-refractivity contribution in [2.75, 3.05) is 11.9 Å². The molecule has 0 aliphatic carbocycles. The Morgan fingerprint density at radius 1 is 1.24 bits per heavy atom. The molecule has 0 aromatic carbocycles. The van der Waals surface area contributed by atoms with Gasteiger partial charge in [0.2, 0.25) is 0 Å². The molecule has 0 aliphatic rings. The van der Waals surface area contributed by atoms with E-state index in [1.54, 1.807) is 12.4 Å². The summed E-state index contributed by atoms with van der Waals surface area (Å²) in [7, 11) is 1.99. The summed E-state index contributed by atoms with van der Waals surface area (Å²) in [4.78, 5) is 10.6. The molecule has 0 amide bonds. The zero-order chi connectivity index (χ0) is 15.2. The van der Waals surface area contributed by atoms with Gasteiger partial charge in [0.1, 0.15) is 5.82 Å². The molecule has 0 bridgehead atoms. The second kappa shape index (κ2) is 7.38.